The third kappa shape index (κ3) is 20.1. The Morgan fingerprint density at radius 3 is 1.67 bits per heavy atom. The van der Waals surface area contributed by atoms with Crippen LogP contribution in [-0.2, 0) is 4.79 Å². The molecule has 0 spiro atoms. The van der Waals surface area contributed by atoms with Gasteiger partial charge in [-0.15, -0.1) is 11.8 Å². The van der Waals surface area contributed by atoms with E-state index < -0.39 is 5.97 Å². The van der Waals surface area contributed by atoms with E-state index in [-0.39, 0.29) is 0 Å². The lowest BCUT2D eigenvalue weighted by Gasteiger charge is -1.98. The zero-order chi connectivity index (χ0) is 17.7. The van der Waals surface area contributed by atoms with Crippen LogP contribution in [0.25, 0.3) is 0 Å². The Balaban J connectivity index is 3.37. The maximum absolute atomic E-state index is 10.4. The Kier molecular flexibility index (Phi) is 17.7. The van der Waals surface area contributed by atoms with Crippen LogP contribution >= 0.6 is 0 Å². The van der Waals surface area contributed by atoms with Crippen LogP contribution in [0.15, 0.2) is 0 Å². The van der Waals surface area contributed by atoms with Crippen LogP contribution in [-0.4, -0.2) is 11.1 Å². The summed E-state index contributed by atoms with van der Waals surface area (Å²) in [6, 6.07) is 0. The van der Waals surface area contributed by atoms with Crippen molar-refractivity contribution < 1.29 is 9.90 Å². The van der Waals surface area contributed by atoms with E-state index in [9.17, 15) is 4.79 Å². The van der Waals surface area contributed by atoms with E-state index in [2.05, 4.69) is 42.4 Å². The smallest absolute Gasteiger partial charge is 0.303 e. The fourth-order valence-corrected chi connectivity index (χ4v) is 2.18. The highest BCUT2D eigenvalue weighted by Gasteiger charge is 1.96. The molecule has 0 unspecified atom stereocenters. The van der Waals surface area contributed by atoms with Crippen LogP contribution in [0.1, 0.15) is 96.8 Å². The molecule has 0 rings (SSSR count). The lowest BCUT2D eigenvalue weighted by Crippen LogP contribution is -1.93. The highest BCUT2D eigenvalue weighted by atomic mass is 16.4. The minimum atomic E-state index is -0.688. The zero-order valence-electron chi connectivity index (χ0n) is 15.3. The molecular weight excluding hydrogens is 296 g/mol. The van der Waals surface area contributed by atoms with Crippen molar-refractivity contribution in [3.63, 3.8) is 0 Å². The summed E-state index contributed by atoms with van der Waals surface area (Å²) in [5.41, 5.74) is 0. The predicted octanol–water partition coefficient (Wildman–Crippen LogP) is 5.56. The SMILES string of the molecule is CCCCCC#CCC#CCC#CCCCCCCCCC(=O)O. The number of aliphatic carboxylic acids is 1. The molecule has 1 N–H and O–H groups in total. The number of unbranched alkanes of at least 4 members (excludes halogenated alkanes) is 9. The molecule has 0 saturated heterocycles. The van der Waals surface area contributed by atoms with Crippen molar-refractivity contribution in [1.82, 2.24) is 0 Å². The average Bonchev–Trinajstić information content (AvgIpc) is 2.56. The fraction of sp³-hybridized carbons (Fsp3) is 0.682. The van der Waals surface area contributed by atoms with Crippen LogP contribution in [0.5, 0.6) is 0 Å². The lowest BCUT2D eigenvalue weighted by molar-refractivity contribution is -0.137. The van der Waals surface area contributed by atoms with Gasteiger partial charge in [-0.1, -0.05) is 69.1 Å². The molecule has 0 amide bonds. The van der Waals surface area contributed by atoms with Gasteiger partial charge in [0.25, 0.3) is 0 Å². The lowest BCUT2D eigenvalue weighted by atomic mass is 10.1. The van der Waals surface area contributed by atoms with Crippen molar-refractivity contribution in [2.24, 2.45) is 0 Å². The van der Waals surface area contributed by atoms with Gasteiger partial charge >= 0.3 is 5.97 Å². The van der Waals surface area contributed by atoms with Gasteiger partial charge in [-0.05, 0) is 19.3 Å². The highest BCUT2D eigenvalue weighted by molar-refractivity contribution is 5.66. The number of rotatable bonds is 11. The zero-order valence-corrected chi connectivity index (χ0v) is 15.3. The van der Waals surface area contributed by atoms with E-state index in [1.165, 1.54) is 32.1 Å². The first-order chi connectivity index (χ1) is 11.8. The minimum absolute atomic E-state index is 0.303. The second-order valence-corrected chi connectivity index (χ2v) is 5.89. The van der Waals surface area contributed by atoms with E-state index in [1.807, 2.05) is 0 Å². The first-order valence-electron chi connectivity index (χ1n) is 9.36. The quantitative estimate of drug-likeness (QED) is 0.398. The summed E-state index contributed by atoms with van der Waals surface area (Å²) in [4.78, 5) is 10.4. The Morgan fingerprint density at radius 2 is 1.12 bits per heavy atom. The Morgan fingerprint density at radius 1 is 0.667 bits per heavy atom. The van der Waals surface area contributed by atoms with Crippen LogP contribution in [0, 0.1) is 35.5 Å². The Bertz CT molecular complexity index is 485. The van der Waals surface area contributed by atoms with Gasteiger partial charge < -0.3 is 5.11 Å². The molecule has 0 radical (unpaired) electrons. The van der Waals surface area contributed by atoms with Gasteiger partial charge in [-0.3, -0.25) is 4.79 Å². The first-order valence-corrected chi connectivity index (χ1v) is 9.36. The molecule has 0 aromatic carbocycles. The topological polar surface area (TPSA) is 37.3 Å². The molecule has 0 bridgehead atoms. The first kappa shape index (κ1) is 22.1. The number of carbonyl (C=O) groups is 1. The monoisotopic (exact) mass is 328 g/mol. The van der Waals surface area contributed by atoms with Crippen LogP contribution in [0.2, 0.25) is 0 Å². The molecule has 0 aliphatic carbocycles. The number of hydrogen-bond acceptors (Lipinski definition) is 1. The summed E-state index contributed by atoms with van der Waals surface area (Å²) in [6.07, 6.45) is 13.7. The Hall–Kier alpha value is -1.85. The van der Waals surface area contributed by atoms with Gasteiger partial charge in [-0.25, -0.2) is 0 Å². The summed E-state index contributed by atoms with van der Waals surface area (Å²) in [7, 11) is 0. The van der Waals surface area contributed by atoms with Gasteiger partial charge in [0.2, 0.25) is 0 Å². The van der Waals surface area contributed by atoms with E-state index in [0.717, 1.165) is 38.5 Å². The van der Waals surface area contributed by atoms with Crippen LogP contribution in [0.4, 0.5) is 0 Å². The van der Waals surface area contributed by atoms with E-state index in [0.29, 0.717) is 19.3 Å². The summed E-state index contributed by atoms with van der Waals surface area (Å²) in [6.45, 7) is 2.20. The second kappa shape index (κ2) is 19.2. The summed E-state index contributed by atoms with van der Waals surface area (Å²) in [5, 5.41) is 8.53. The van der Waals surface area contributed by atoms with Crippen molar-refractivity contribution in [3.05, 3.63) is 0 Å². The molecule has 24 heavy (non-hydrogen) atoms. The molecule has 0 atom stereocenters. The molecule has 2 nitrogen and oxygen atoms in total. The average molecular weight is 328 g/mol. The Labute approximate surface area is 148 Å². The van der Waals surface area contributed by atoms with Crippen molar-refractivity contribution in [2.45, 2.75) is 96.8 Å². The maximum atomic E-state index is 10.4. The second-order valence-electron chi connectivity index (χ2n) is 5.89. The molecule has 0 heterocycles. The number of carboxylic acid groups (broad SMARTS) is 1. The van der Waals surface area contributed by atoms with Crippen molar-refractivity contribution in [3.8, 4) is 35.5 Å². The van der Waals surface area contributed by atoms with E-state index in [1.54, 1.807) is 0 Å². The van der Waals surface area contributed by atoms with E-state index >= 15 is 0 Å². The van der Waals surface area contributed by atoms with Gasteiger partial charge in [0.15, 0.2) is 0 Å². The molecule has 0 fully saturated rings. The number of carboxylic acids is 1. The molecule has 0 aromatic rings. The van der Waals surface area contributed by atoms with Crippen molar-refractivity contribution >= 4 is 5.97 Å². The number of hydrogen-bond donors (Lipinski definition) is 1. The highest BCUT2D eigenvalue weighted by Crippen LogP contribution is 2.08. The molecule has 0 saturated carbocycles. The standard InChI is InChI=1S/C22H32O2/c1-2-3-4-5-6-7-8-9-10-11-12-13-14-15-16-17-18-19-20-21-22(23)24/h2-5,8,11,14-21H2,1H3,(H,23,24). The van der Waals surface area contributed by atoms with Gasteiger partial charge in [-0.2, -0.15) is 0 Å². The summed E-state index contributed by atoms with van der Waals surface area (Å²) in [5.74, 6) is 17.9. The third-order valence-electron chi connectivity index (χ3n) is 3.58. The van der Waals surface area contributed by atoms with Gasteiger partial charge in [0.1, 0.15) is 0 Å². The largest absolute Gasteiger partial charge is 0.481 e. The molecule has 0 aromatic heterocycles. The van der Waals surface area contributed by atoms with Gasteiger partial charge in [0, 0.05) is 19.3 Å². The summed E-state index contributed by atoms with van der Waals surface area (Å²) >= 11 is 0. The molecule has 2 heteroatoms. The van der Waals surface area contributed by atoms with Crippen molar-refractivity contribution in [2.75, 3.05) is 0 Å². The third-order valence-corrected chi connectivity index (χ3v) is 3.58. The van der Waals surface area contributed by atoms with Crippen molar-refractivity contribution in [1.29, 1.82) is 0 Å². The normalized spacial score (nSPS) is 9.04. The summed E-state index contributed by atoms with van der Waals surface area (Å²) < 4.78 is 0. The van der Waals surface area contributed by atoms with Gasteiger partial charge in [0.05, 0.1) is 12.8 Å². The molecular formula is C22H32O2. The maximum Gasteiger partial charge on any atom is 0.303 e. The van der Waals surface area contributed by atoms with Crippen LogP contribution in [0.3, 0.4) is 0 Å². The molecule has 0 aliphatic heterocycles. The van der Waals surface area contributed by atoms with E-state index in [4.69, 9.17) is 5.11 Å². The fourth-order valence-electron chi connectivity index (χ4n) is 2.18. The predicted molar refractivity (Wildman–Crippen MR) is 101 cm³/mol. The van der Waals surface area contributed by atoms with Crippen LogP contribution < -0.4 is 0 Å². The minimum Gasteiger partial charge on any atom is -0.481 e. The molecule has 0 aliphatic rings. The molecule has 132 valence electrons.